The molecule has 0 bridgehead atoms. The van der Waals surface area contributed by atoms with E-state index in [1.807, 2.05) is 0 Å². The van der Waals surface area contributed by atoms with Crippen LogP contribution in [0.15, 0.2) is 0 Å². The number of hydrogen-bond acceptors (Lipinski definition) is 6. The molecule has 6 nitrogen and oxygen atoms in total. The topological polar surface area (TPSA) is 71.1 Å². The van der Waals surface area contributed by atoms with Gasteiger partial charge in [0.25, 0.3) is 0 Å². The first kappa shape index (κ1) is 8.14. The minimum Gasteiger partial charge on any atom is -0.184 e. The maximum atomic E-state index is 10.4. The van der Waals surface area contributed by atoms with Crippen LogP contribution in [0.3, 0.4) is 0 Å². The fraction of sp³-hybridized carbons (Fsp3) is 1.00. The Morgan fingerprint density at radius 2 is 1.90 bits per heavy atom. The molecule has 0 aromatic rings. The Hall–Kier alpha value is 0.0400. The Morgan fingerprint density at radius 1 is 1.10 bits per heavy atom. The summed E-state index contributed by atoms with van der Waals surface area (Å²) in [6.07, 6.45) is 0. The molecule has 1 aliphatic rings. The van der Waals surface area contributed by atoms with Crippen molar-refractivity contribution in [1.82, 2.24) is 0 Å². The van der Waals surface area contributed by atoms with Crippen molar-refractivity contribution in [2.45, 2.75) is 0 Å². The van der Waals surface area contributed by atoms with Gasteiger partial charge in [-0.1, -0.05) is 0 Å². The lowest BCUT2D eigenvalue weighted by Gasteiger charge is -1.89. The Kier molecular flexibility index (Phi) is 3.28. The minimum absolute atomic E-state index is 0.0888. The van der Waals surface area contributed by atoms with Crippen LogP contribution in [0.5, 0.6) is 0 Å². The first-order valence-corrected chi connectivity index (χ1v) is 4.53. The number of rotatable bonds is 0. The summed E-state index contributed by atoms with van der Waals surface area (Å²) in [4.78, 5) is 4.27. The third kappa shape index (κ3) is 2.75. The summed E-state index contributed by atoms with van der Waals surface area (Å²) in [5.41, 5.74) is 0. The maximum Gasteiger partial charge on any atom is 0.778 e. The molecule has 0 aliphatic carbocycles. The van der Waals surface area contributed by atoms with E-state index >= 15 is 0 Å². The van der Waals surface area contributed by atoms with E-state index in [4.69, 9.17) is 0 Å². The Labute approximate surface area is 58.2 Å². The van der Waals surface area contributed by atoms with E-state index < -0.39 is 16.5 Å². The van der Waals surface area contributed by atoms with Crippen LogP contribution in [0.25, 0.3) is 0 Å². The Bertz CT molecular complexity index is 140. The van der Waals surface area contributed by atoms with Crippen LogP contribution in [0, 0.1) is 0 Å². The monoisotopic (exact) mass is 186 g/mol. The standard InChI is InChI=1S/C2H4O6P2/c3-9-6-2-1-5-7-10(4)8-9/h1-2H2/q+2. The SMILES string of the molecule is O=[P+]1OCCOO[P+](=O)O1. The van der Waals surface area contributed by atoms with E-state index in [0.717, 1.165) is 0 Å². The third-order valence-electron chi connectivity index (χ3n) is 0.610. The zero-order valence-electron chi connectivity index (χ0n) is 4.76. The quantitative estimate of drug-likeness (QED) is 0.419. The third-order valence-corrected chi connectivity index (χ3v) is 2.30. The lowest BCUT2D eigenvalue weighted by atomic mass is 10.8. The molecular formula is C2H4O6P2+2. The average molecular weight is 186 g/mol. The van der Waals surface area contributed by atoms with E-state index in [1.165, 1.54) is 0 Å². The molecule has 10 heavy (non-hydrogen) atoms. The van der Waals surface area contributed by atoms with Gasteiger partial charge in [-0.25, -0.2) is 0 Å². The fourth-order valence-corrected chi connectivity index (χ4v) is 1.43. The molecule has 0 N–H and O–H groups in total. The molecule has 0 aromatic heterocycles. The van der Waals surface area contributed by atoms with Crippen molar-refractivity contribution >= 4 is 16.5 Å². The molecule has 2 atom stereocenters. The van der Waals surface area contributed by atoms with Gasteiger partial charge in [0, 0.05) is 9.13 Å². The molecule has 8 heteroatoms. The van der Waals surface area contributed by atoms with Gasteiger partial charge in [0.05, 0.1) is 4.67 Å². The second-order valence-corrected chi connectivity index (χ2v) is 3.21. The van der Waals surface area contributed by atoms with E-state index in [0.29, 0.717) is 0 Å². The maximum absolute atomic E-state index is 10.4. The first-order valence-electron chi connectivity index (χ1n) is 2.34. The predicted molar refractivity (Wildman–Crippen MR) is 29.3 cm³/mol. The highest BCUT2D eigenvalue weighted by Crippen LogP contribution is 2.40. The highest BCUT2D eigenvalue weighted by Gasteiger charge is 2.42. The highest BCUT2D eigenvalue weighted by atomic mass is 31.2. The summed E-state index contributed by atoms with van der Waals surface area (Å²) in [6.45, 7) is 0.184. The van der Waals surface area contributed by atoms with Gasteiger partial charge in [-0.15, -0.1) is 4.52 Å². The van der Waals surface area contributed by atoms with Crippen LogP contribution in [0.2, 0.25) is 0 Å². The van der Waals surface area contributed by atoms with Crippen LogP contribution in [-0.2, 0) is 27.5 Å². The zero-order valence-corrected chi connectivity index (χ0v) is 6.55. The van der Waals surface area contributed by atoms with Gasteiger partial charge in [0.1, 0.15) is 13.2 Å². The van der Waals surface area contributed by atoms with E-state index in [9.17, 15) is 9.13 Å². The molecule has 0 spiro atoms. The van der Waals surface area contributed by atoms with Gasteiger partial charge < -0.3 is 0 Å². The Balaban J connectivity index is 2.40. The van der Waals surface area contributed by atoms with Crippen LogP contribution in [-0.4, -0.2) is 13.2 Å². The fourth-order valence-electron chi connectivity index (χ4n) is 0.318. The molecule has 0 saturated carbocycles. The lowest BCUT2D eigenvalue weighted by Crippen LogP contribution is -2.01. The first-order chi connectivity index (χ1) is 4.79. The molecular weight excluding hydrogens is 182 g/mol. The summed E-state index contributed by atoms with van der Waals surface area (Å²) >= 11 is 0. The summed E-state index contributed by atoms with van der Waals surface area (Å²) < 4.78 is 33.5. The largest absolute Gasteiger partial charge is 0.778 e. The van der Waals surface area contributed by atoms with Crippen molar-refractivity contribution in [3.8, 4) is 0 Å². The Morgan fingerprint density at radius 3 is 2.70 bits per heavy atom. The highest BCUT2D eigenvalue weighted by molar-refractivity contribution is 7.47. The van der Waals surface area contributed by atoms with Gasteiger partial charge in [0.2, 0.25) is 0 Å². The molecule has 2 unspecified atom stereocenters. The van der Waals surface area contributed by atoms with Crippen LogP contribution < -0.4 is 0 Å². The lowest BCUT2D eigenvalue weighted by molar-refractivity contribution is -0.214. The average Bonchev–Trinajstić information content (AvgIpc) is 1.83. The van der Waals surface area contributed by atoms with Gasteiger partial charge in [-0.3, -0.25) is 0 Å². The van der Waals surface area contributed by atoms with Gasteiger partial charge >= 0.3 is 16.5 Å². The van der Waals surface area contributed by atoms with Crippen molar-refractivity contribution in [2.24, 2.45) is 0 Å². The van der Waals surface area contributed by atoms with E-state index in [1.54, 1.807) is 0 Å². The van der Waals surface area contributed by atoms with Crippen LogP contribution in [0.4, 0.5) is 0 Å². The predicted octanol–water partition coefficient (Wildman–Crippen LogP) is 1.30. The molecule has 1 rings (SSSR count). The molecule has 56 valence electrons. The summed E-state index contributed by atoms with van der Waals surface area (Å²) in [5, 5.41) is 0. The van der Waals surface area contributed by atoms with E-state index in [2.05, 4.69) is 18.4 Å². The van der Waals surface area contributed by atoms with Crippen molar-refractivity contribution in [3.05, 3.63) is 0 Å². The number of hydrogen-bond donors (Lipinski definition) is 0. The van der Waals surface area contributed by atoms with Crippen LogP contribution >= 0.6 is 16.5 Å². The second-order valence-electron chi connectivity index (χ2n) is 1.26. The molecule has 0 radical (unpaired) electrons. The molecule has 1 heterocycles. The molecule has 0 aromatic carbocycles. The molecule has 1 saturated heterocycles. The normalized spacial score (nSPS) is 29.2. The second kappa shape index (κ2) is 4.03. The molecule has 0 amide bonds. The van der Waals surface area contributed by atoms with Crippen molar-refractivity contribution < 1.29 is 27.5 Å². The van der Waals surface area contributed by atoms with Crippen molar-refractivity contribution in [2.75, 3.05) is 13.2 Å². The smallest absolute Gasteiger partial charge is 0.184 e. The summed E-state index contributed by atoms with van der Waals surface area (Å²) in [6, 6.07) is 0. The van der Waals surface area contributed by atoms with E-state index in [-0.39, 0.29) is 13.2 Å². The van der Waals surface area contributed by atoms with Gasteiger partial charge in [-0.2, -0.15) is 4.89 Å². The summed E-state index contributed by atoms with van der Waals surface area (Å²) in [7, 11) is -4.77. The summed E-state index contributed by atoms with van der Waals surface area (Å²) in [5.74, 6) is 0. The van der Waals surface area contributed by atoms with Gasteiger partial charge in [0.15, 0.2) is 4.31 Å². The van der Waals surface area contributed by atoms with Crippen LogP contribution in [0.1, 0.15) is 0 Å². The van der Waals surface area contributed by atoms with Crippen molar-refractivity contribution in [3.63, 3.8) is 0 Å². The zero-order chi connectivity index (χ0) is 7.40. The molecule has 1 aliphatic heterocycles. The van der Waals surface area contributed by atoms with Gasteiger partial charge in [-0.05, 0) is 0 Å². The minimum atomic E-state index is -2.46. The van der Waals surface area contributed by atoms with Crippen molar-refractivity contribution in [1.29, 1.82) is 0 Å². The molecule has 1 fully saturated rings.